The standard InChI is InChI=1S/C16H27NO2/c1-6-18-9-10-19-15-8-7-13(2)11-14(15)12-17-16(3,4)5/h7-8,11,17H,6,9-10,12H2,1-5H3. The Hall–Kier alpha value is -1.06. The Morgan fingerprint density at radius 2 is 1.89 bits per heavy atom. The molecule has 0 fully saturated rings. The molecule has 3 nitrogen and oxygen atoms in total. The summed E-state index contributed by atoms with van der Waals surface area (Å²) >= 11 is 0. The number of nitrogens with one attached hydrogen (secondary N) is 1. The molecule has 3 heteroatoms. The van der Waals surface area contributed by atoms with E-state index < -0.39 is 0 Å². The van der Waals surface area contributed by atoms with Crippen LogP contribution in [0.2, 0.25) is 0 Å². The number of rotatable bonds is 7. The number of aryl methyl sites for hydroxylation is 1. The van der Waals surface area contributed by atoms with Crippen molar-refractivity contribution in [3.63, 3.8) is 0 Å². The highest BCUT2D eigenvalue weighted by molar-refractivity contribution is 5.36. The summed E-state index contributed by atoms with van der Waals surface area (Å²) in [7, 11) is 0. The van der Waals surface area contributed by atoms with Gasteiger partial charge in [-0.3, -0.25) is 0 Å². The van der Waals surface area contributed by atoms with Gasteiger partial charge in [-0.25, -0.2) is 0 Å². The van der Waals surface area contributed by atoms with Crippen molar-refractivity contribution >= 4 is 0 Å². The van der Waals surface area contributed by atoms with Crippen molar-refractivity contribution in [2.24, 2.45) is 0 Å². The van der Waals surface area contributed by atoms with Crippen LogP contribution in [0.1, 0.15) is 38.8 Å². The SMILES string of the molecule is CCOCCOc1ccc(C)cc1CNC(C)(C)C. The smallest absolute Gasteiger partial charge is 0.123 e. The largest absolute Gasteiger partial charge is 0.491 e. The highest BCUT2D eigenvalue weighted by Gasteiger charge is 2.11. The van der Waals surface area contributed by atoms with E-state index in [9.17, 15) is 0 Å². The Balaban J connectivity index is 2.63. The van der Waals surface area contributed by atoms with Gasteiger partial charge in [0.1, 0.15) is 12.4 Å². The summed E-state index contributed by atoms with van der Waals surface area (Å²) in [5.41, 5.74) is 2.56. The molecule has 0 aliphatic heterocycles. The van der Waals surface area contributed by atoms with E-state index >= 15 is 0 Å². The average Bonchev–Trinajstić information content (AvgIpc) is 2.33. The molecule has 0 bridgehead atoms. The summed E-state index contributed by atoms with van der Waals surface area (Å²) in [6.45, 7) is 13.4. The molecule has 0 saturated carbocycles. The van der Waals surface area contributed by atoms with Gasteiger partial charge in [0.25, 0.3) is 0 Å². The minimum Gasteiger partial charge on any atom is -0.491 e. The molecule has 1 aromatic rings. The van der Waals surface area contributed by atoms with Crippen LogP contribution >= 0.6 is 0 Å². The van der Waals surface area contributed by atoms with Gasteiger partial charge in [-0.2, -0.15) is 0 Å². The van der Waals surface area contributed by atoms with Crippen LogP contribution in [-0.2, 0) is 11.3 Å². The molecule has 108 valence electrons. The van der Waals surface area contributed by atoms with Crippen molar-refractivity contribution in [2.75, 3.05) is 19.8 Å². The lowest BCUT2D eigenvalue weighted by atomic mass is 10.1. The van der Waals surface area contributed by atoms with Gasteiger partial charge in [-0.1, -0.05) is 17.7 Å². The molecule has 0 heterocycles. The summed E-state index contributed by atoms with van der Waals surface area (Å²) < 4.78 is 11.1. The number of hydrogen-bond donors (Lipinski definition) is 1. The lowest BCUT2D eigenvalue weighted by Crippen LogP contribution is -2.35. The van der Waals surface area contributed by atoms with E-state index in [2.05, 4.69) is 45.1 Å². The fraction of sp³-hybridized carbons (Fsp3) is 0.625. The van der Waals surface area contributed by atoms with Crippen LogP contribution in [0.3, 0.4) is 0 Å². The Kier molecular flexibility index (Phi) is 6.32. The van der Waals surface area contributed by atoms with E-state index in [0.717, 1.165) is 18.9 Å². The third kappa shape index (κ3) is 6.60. The van der Waals surface area contributed by atoms with Crippen LogP contribution in [0.25, 0.3) is 0 Å². The van der Waals surface area contributed by atoms with Crippen LogP contribution in [-0.4, -0.2) is 25.4 Å². The van der Waals surface area contributed by atoms with Crippen molar-refractivity contribution < 1.29 is 9.47 Å². The summed E-state index contributed by atoms with van der Waals surface area (Å²) in [5, 5.41) is 3.50. The molecule has 0 aliphatic rings. The van der Waals surface area contributed by atoms with Crippen LogP contribution in [0.4, 0.5) is 0 Å². The molecule has 0 saturated heterocycles. The zero-order chi connectivity index (χ0) is 14.3. The number of benzene rings is 1. The normalized spacial score (nSPS) is 11.6. The van der Waals surface area contributed by atoms with Crippen LogP contribution in [0.15, 0.2) is 18.2 Å². The highest BCUT2D eigenvalue weighted by Crippen LogP contribution is 2.20. The van der Waals surface area contributed by atoms with E-state index in [1.807, 2.05) is 13.0 Å². The van der Waals surface area contributed by atoms with Gasteiger partial charge >= 0.3 is 0 Å². The predicted octanol–water partition coefficient (Wildman–Crippen LogP) is 3.30. The Morgan fingerprint density at radius 3 is 2.53 bits per heavy atom. The zero-order valence-corrected chi connectivity index (χ0v) is 12.9. The summed E-state index contributed by atoms with van der Waals surface area (Å²) in [6, 6.07) is 6.30. The van der Waals surface area contributed by atoms with E-state index in [4.69, 9.17) is 9.47 Å². The second kappa shape index (κ2) is 7.51. The maximum atomic E-state index is 5.79. The first-order valence-corrected chi connectivity index (χ1v) is 6.97. The molecule has 19 heavy (non-hydrogen) atoms. The average molecular weight is 265 g/mol. The van der Waals surface area contributed by atoms with Crippen LogP contribution < -0.4 is 10.1 Å². The van der Waals surface area contributed by atoms with Gasteiger partial charge in [0.2, 0.25) is 0 Å². The molecule has 0 spiro atoms. The molecule has 0 unspecified atom stereocenters. The molecular weight excluding hydrogens is 238 g/mol. The fourth-order valence-electron chi connectivity index (χ4n) is 1.70. The van der Waals surface area contributed by atoms with Crippen LogP contribution in [0, 0.1) is 6.92 Å². The van der Waals surface area contributed by atoms with Crippen molar-refractivity contribution in [1.82, 2.24) is 5.32 Å². The molecule has 1 rings (SSSR count). The Labute approximate surface area is 117 Å². The first-order chi connectivity index (χ1) is 8.92. The monoisotopic (exact) mass is 265 g/mol. The summed E-state index contributed by atoms with van der Waals surface area (Å²) in [4.78, 5) is 0. The third-order valence-electron chi connectivity index (χ3n) is 2.71. The predicted molar refractivity (Wildman–Crippen MR) is 79.8 cm³/mol. The quantitative estimate of drug-likeness (QED) is 0.767. The van der Waals surface area contributed by atoms with Gasteiger partial charge in [-0.15, -0.1) is 0 Å². The molecule has 1 aromatic carbocycles. The van der Waals surface area contributed by atoms with Crippen LogP contribution in [0.5, 0.6) is 5.75 Å². The van der Waals surface area contributed by atoms with Crippen molar-refractivity contribution in [1.29, 1.82) is 0 Å². The first kappa shape index (κ1) is 16.0. The van der Waals surface area contributed by atoms with Gasteiger partial charge in [0, 0.05) is 24.3 Å². The summed E-state index contributed by atoms with van der Waals surface area (Å²) in [5.74, 6) is 0.946. The summed E-state index contributed by atoms with van der Waals surface area (Å²) in [6.07, 6.45) is 0. The maximum Gasteiger partial charge on any atom is 0.123 e. The van der Waals surface area contributed by atoms with E-state index in [0.29, 0.717) is 13.2 Å². The van der Waals surface area contributed by atoms with E-state index in [1.165, 1.54) is 11.1 Å². The second-order valence-corrected chi connectivity index (χ2v) is 5.76. The zero-order valence-electron chi connectivity index (χ0n) is 12.9. The third-order valence-corrected chi connectivity index (χ3v) is 2.71. The minimum atomic E-state index is 0.104. The molecule has 0 amide bonds. The van der Waals surface area contributed by atoms with E-state index in [1.54, 1.807) is 0 Å². The molecular formula is C16H27NO2. The van der Waals surface area contributed by atoms with Crippen molar-refractivity contribution in [3.05, 3.63) is 29.3 Å². The maximum absolute atomic E-state index is 5.79. The highest BCUT2D eigenvalue weighted by atomic mass is 16.5. The first-order valence-electron chi connectivity index (χ1n) is 6.97. The number of hydrogen-bond acceptors (Lipinski definition) is 3. The van der Waals surface area contributed by atoms with E-state index in [-0.39, 0.29) is 5.54 Å². The molecule has 0 atom stereocenters. The van der Waals surface area contributed by atoms with Crippen molar-refractivity contribution in [3.8, 4) is 5.75 Å². The Bertz CT molecular complexity index is 383. The van der Waals surface area contributed by atoms with Gasteiger partial charge in [0.15, 0.2) is 0 Å². The molecule has 0 radical (unpaired) electrons. The number of ether oxygens (including phenoxy) is 2. The topological polar surface area (TPSA) is 30.5 Å². The second-order valence-electron chi connectivity index (χ2n) is 5.76. The molecule has 0 aromatic heterocycles. The fourth-order valence-corrected chi connectivity index (χ4v) is 1.70. The molecule has 1 N–H and O–H groups in total. The van der Waals surface area contributed by atoms with Crippen molar-refractivity contribution in [2.45, 2.75) is 46.7 Å². The lowest BCUT2D eigenvalue weighted by molar-refractivity contribution is 0.109. The van der Waals surface area contributed by atoms with Gasteiger partial charge < -0.3 is 14.8 Å². The van der Waals surface area contributed by atoms with Gasteiger partial charge in [-0.05, 0) is 40.7 Å². The lowest BCUT2D eigenvalue weighted by Gasteiger charge is -2.22. The van der Waals surface area contributed by atoms with Gasteiger partial charge in [0.05, 0.1) is 6.61 Å². The minimum absolute atomic E-state index is 0.104. The Morgan fingerprint density at radius 1 is 1.16 bits per heavy atom. The molecule has 0 aliphatic carbocycles.